The number of halogens is 2. The molecule has 1 heterocycles. The minimum absolute atomic E-state index is 0.0603. The SMILES string of the molecule is CCN(CC1CCCCN1)S(=O)(=O)c1cc(F)ccc1F. The molecule has 1 aromatic carbocycles. The fourth-order valence-corrected chi connectivity index (χ4v) is 4.11. The summed E-state index contributed by atoms with van der Waals surface area (Å²) in [4.78, 5) is -0.597. The Morgan fingerprint density at radius 3 is 2.71 bits per heavy atom. The molecule has 0 radical (unpaired) electrons. The maximum Gasteiger partial charge on any atom is 0.246 e. The normalized spacial score (nSPS) is 19.9. The van der Waals surface area contributed by atoms with E-state index in [2.05, 4.69) is 5.32 Å². The molecule has 1 aliphatic heterocycles. The first-order chi connectivity index (χ1) is 9.95. The molecule has 0 aliphatic carbocycles. The van der Waals surface area contributed by atoms with Crippen molar-refractivity contribution in [3.8, 4) is 0 Å². The van der Waals surface area contributed by atoms with E-state index in [0.29, 0.717) is 0 Å². The van der Waals surface area contributed by atoms with Crippen molar-refractivity contribution in [3.05, 3.63) is 29.8 Å². The zero-order valence-electron chi connectivity index (χ0n) is 12.0. The Bertz CT molecular complexity index is 587. The highest BCUT2D eigenvalue weighted by atomic mass is 32.2. The van der Waals surface area contributed by atoms with E-state index in [-0.39, 0.29) is 19.1 Å². The summed E-state index contributed by atoms with van der Waals surface area (Å²) in [5, 5.41) is 3.26. The molecule has 2 rings (SSSR count). The van der Waals surface area contributed by atoms with E-state index in [0.717, 1.165) is 44.0 Å². The Kier molecular flexibility index (Phi) is 5.29. The second kappa shape index (κ2) is 6.81. The van der Waals surface area contributed by atoms with E-state index in [9.17, 15) is 17.2 Å². The van der Waals surface area contributed by atoms with Crippen molar-refractivity contribution in [1.82, 2.24) is 9.62 Å². The van der Waals surface area contributed by atoms with Crippen molar-refractivity contribution in [2.75, 3.05) is 19.6 Å². The number of nitrogens with zero attached hydrogens (tertiary/aromatic N) is 1. The van der Waals surface area contributed by atoms with Crippen LogP contribution in [0, 0.1) is 11.6 Å². The van der Waals surface area contributed by atoms with Crippen molar-refractivity contribution in [2.45, 2.75) is 37.1 Å². The average Bonchev–Trinajstić information content (AvgIpc) is 2.48. The summed E-state index contributed by atoms with van der Waals surface area (Å²) in [6, 6.07) is 2.55. The van der Waals surface area contributed by atoms with Crippen molar-refractivity contribution in [2.24, 2.45) is 0 Å². The van der Waals surface area contributed by atoms with Crippen LogP contribution in [0.4, 0.5) is 8.78 Å². The number of hydrogen-bond donors (Lipinski definition) is 1. The molecule has 7 heteroatoms. The van der Waals surface area contributed by atoms with Crippen LogP contribution in [0.5, 0.6) is 0 Å². The van der Waals surface area contributed by atoms with E-state index >= 15 is 0 Å². The maximum atomic E-state index is 13.8. The zero-order chi connectivity index (χ0) is 15.5. The van der Waals surface area contributed by atoms with Gasteiger partial charge < -0.3 is 5.32 Å². The Hall–Kier alpha value is -1.05. The van der Waals surface area contributed by atoms with Crippen molar-refractivity contribution >= 4 is 10.0 Å². The highest BCUT2D eigenvalue weighted by Crippen LogP contribution is 2.21. The average molecular weight is 318 g/mol. The van der Waals surface area contributed by atoms with E-state index in [4.69, 9.17) is 0 Å². The van der Waals surface area contributed by atoms with E-state index in [1.807, 2.05) is 0 Å². The highest BCUT2D eigenvalue weighted by Gasteiger charge is 2.29. The van der Waals surface area contributed by atoms with Gasteiger partial charge in [-0.3, -0.25) is 0 Å². The monoisotopic (exact) mass is 318 g/mol. The molecule has 0 spiro atoms. The van der Waals surface area contributed by atoms with Gasteiger partial charge in [0.05, 0.1) is 0 Å². The Labute approximate surface area is 124 Å². The molecule has 0 amide bonds. The summed E-state index contributed by atoms with van der Waals surface area (Å²) < 4.78 is 53.2. The van der Waals surface area contributed by atoms with Crippen LogP contribution in [0.25, 0.3) is 0 Å². The van der Waals surface area contributed by atoms with Crippen LogP contribution < -0.4 is 5.32 Å². The van der Waals surface area contributed by atoms with Gasteiger partial charge in [-0.2, -0.15) is 4.31 Å². The lowest BCUT2D eigenvalue weighted by Crippen LogP contribution is -2.45. The summed E-state index contributed by atoms with van der Waals surface area (Å²) in [6.45, 7) is 3.04. The Morgan fingerprint density at radius 2 is 2.10 bits per heavy atom. The van der Waals surface area contributed by atoms with Crippen LogP contribution >= 0.6 is 0 Å². The quantitative estimate of drug-likeness (QED) is 0.905. The van der Waals surface area contributed by atoms with Gasteiger partial charge in [-0.05, 0) is 37.6 Å². The summed E-state index contributed by atoms with van der Waals surface area (Å²) in [5.41, 5.74) is 0. The van der Waals surface area contributed by atoms with Gasteiger partial charge in [-0.1, -0.05) is 13.3 Å². The topological polar surface area (TPSA) is 49.4 Å². The summed E-state index contributed by atoms with van der Waals surface area (Å²) in [6.07, 6.45) is 3.01. The third-order valence-electron chi connectivity index (χ3n) is 3.70. The lowest BCUT2D eigenvalue weighted by atomic mass is 10.1. The first-order valence-electron chi connectivity index (χ1n) is 7.13. The molecule has 1 aromatic rings. The second-order valence-corrected chi connectivity index (χ2v) is 7.08. The van der Waals surface area contributed by atoms with Crippen LogP contribution in [0.3, 0.4) is 0 Å². The molecule has 1 aliphatic rings. The molecule has 21 heavy (non-hydrogen) atoms. The molecule has 4 nitrogen and oxygen atoms in total. The Balaban J connectivity index is 2.24. The molecule has 0 saturated carbocycles. The van der Waals surface area contributed by atoms with Crippen LogP contribution in [-0.4, -0.2) is 38.4 Å². The van der Waals surface area contributed by atoms with Gasteiger partial charge in [-0.25, -0.2) is 17.2 Å². The van der Waals surface area contributed by atoms with E-state index in [1.165, 1.54) is 4.31 Å². The third kappa shape index (κ3) is 3.78. The molecule has 118 valence electrons. The molecule has 1 fully saturated rings. The van der Waals surface area contributed by atoms with Gasteiger partial charge in [0.15, 0.2) is 0 Å². The van der Waals surface area contributed by atoms with Gasteiger partial charge >= 0.3 is 0 Å². The lowest BCUT2D eigenvalue weighted by molar-refractivity contribution is 0.318. The van der Waals surface area contributed by atoms with Crippen LogP contribution in [0.15, 0.2) is 23.1 Å². The minimum atomic E-state index is -4.03. The van der Waals surface area contributed by atoms with Crippen LogP contribution in [0.2, 0.25) is 0 Å². The smallest absolute Gasteiger partial charge is 0.246 e. The van der Waals surface area contributed by atoms with E-state index in [1.54, 1.807) is 6.92 Å². The number of likely N-dealkylation sites (N-methyl/N-ethyl adjacent to an activating group) is 1. The molecular weight excluding hydrogens is 298 g/mol. The van der Waals surface area contributed by atoms with Gasteiger partial charge in [0.1, 0.15) is 16.5 Å². The standard InChI is InChI=1S/C14H20F2N2O2S/c1-2-18(10-12-5-3-4-8-17-12)21(19,20)14-9-11(15)6-7-13(14)16/h6-7,9,12,17H,2-5,8,10H2,1H3. The second-order valence-electron chi connectivity index (χ2n) is 5.18. The number of hydrogen-bond acceptors (Lipinski definition) is 3. The molecule has 0 aromatic heterocycles. The molecule has 1 atom stereocenters. The first kappa shape index (κ1) is 16.3. The van der Waals surface area contributed by atoms with Gasteiger partial charge in [0.25, 0.3) is 0 Å². The predicted octanol–water partition coefficient (Wildman–Crippen LogP) is 2.12. The van der Waals surface area contributed by atoms with Crippen molar-refractivity contribution in [3.63, 3.8) is 0 Å². The number of nitrogens with one attached hydrogen (secondary N) is 1. The van der Waals surface area contributed by atoms with Crippen LogP contribution in [0.1, 0.15) is 26.2 Å². The van der Waals surface area contributed by atoms with E-state index < -0.39 is 26.6 Å². The Morgan fingerprint density at radius 1 is 1.33 bits per heavy atom. The van der Waals surface area contributed by atoms with Crippen LogP contribution in [-0.2, 0) is 10.0 Å². The molecule has 0 bridgehead atoms. The fourth-order valence-electron chi connectivity index (χ4n) is 2.54. The summed E-state index contributed by atoms with van der Waals surface area (Å²) in [7, 11) is -4.03. The molecule has 1 unspecified atom stereocenters. The zero-order valence-corrected chi connectivity index (χ0v) is 12.8. The van der Waals surface area contributed by atoms with Crippen molar-refractivity contribution in [1.29, 1.82) is 0 Å². The molecular formula is C14H20F2N2O2S. The van der Waals surface area contributed by atoms with Gasteiger partial charge in [0.2, 0.25) is 10.0 Å². The summed E-state index contributed by atoms with van der Waals surface area (Å²) in [5.74, 6) is -1.69. The molecule has 1 saturated heterocycles. The minimum Gasteiger partial charge on any atom is -0.313 e. The van der Waals surface area contributed by atoms with Gasteiger partial charge in [0, 0.05) is 19.1 Å². The maximum absolute atomic E-state index is 13.8. The summed E-state index contributed by atoms with van der Waals surface area (Å²) >= 11 is 0. The predicted molar refractivity (Wildman–Crippen MR) is 76.4 cm³/mol. The number of sulfonamides is 1. The fraction of sp³-hybridized carbons (Fsp3) is 0.571. The number of benzene rings is 1. The highest BCUT2D eigenvalue weighted by molar-refractivity contribution is 7.89. The third-order valence-corrected chi connectivity index (χ3v) is 5.66. The largest absolute Gasteiger partial charge is 0.313 e. The first-order valence-corrected chi connectivity index (χ1v) is 8.57. The number of piperidine rings is 1. The molecule has 1 N–H and O–H groups in total. The van der Waals surface area contributed by atoms with Crippen molar-refractivity contribution < 1.29 is 17.2 Å². The van der Waals surface area contributed by atoms with Gasteiger partial charge in [-0.15, -0.1) is 0 Å². The number of rotatable bonds is 5. The lowest BCUT2D eigenvalue weighted by Gasteiger charge is -2.29.